The zero-order chi connectivity index (χ0) is 15.9. The summed E-state index contributed by atoms with van der Waals surface area (Å²) in [6.45, 7) is 1.32. The molecule has 20 heavy (non-hydrogen) atoms. The Kier molecular flexibility index (Phi) is 7.62. The van der Waals surface area contributed by atoms with Gasteiger partial charge in [0.15, 0.2) is 0 Å². The van der Waals surface area contributed by atoms with Crippen LogP contribution in [0.25, 0.3) is 0 Å². The lowest BCUT2D eigenvalue weighted by Crippen LogP contribution is -2.53. The first-order chi connectivity index (χ1) is 9.18. The summed E-state index contributed by atoms with van der Waals surface area (Å²) in [6, 6.07) is -3.52. The highest BCUT2D eigenvalue weighted by Crippen LogP contribution is 1.94. The molecule has 6 N–H and O–H groups in total. The number of carbonyl (C=O) groups is 4. The van der Waals surface area contributed by atoms with Gasteiger partial charge in [-0.3, -0.25) is 14.4 Å². The molecule has 3 atom stereocenters. The van der Waals surface area contributed by atoms with E-state index in [0.717, 1.165) is 0 Å². The summed E-state index contributed by atoms with van der Waals surface area (Å²) in [4.78, 5) is 44.2. The number of hydrogen-bond donors (Lipinski definition) is 6. The van der Waals surface area contributed by atoms with Gasteiger partial charge in [0.2, 0.25) is 11.8 Å². The molecule has 0 rings (SSSR count). The highest BCUT2D eigenvalue weighted by molar-refractivity contribution is 7.80. The quantitative estimate of drug-likeness (QED) is 0.277. The van der Waals surface area contributed by atoms with Crippen LogP contribution in [0, 0.1) is 0 Å². The molecule has 0 aromatic rings. The van der Waals surface area contributed by atoms with Crippen molar-refractivity contribution in [2.45, 2.75) is 31.5 Å². The van der Waals surface area contributed by atoms with Crippen LogP contribution in [-0.4, -0.2) is 57.8 Å². The van der Waals surface area contributed by atoms with Crippen molar-refractivity contribution >= 4 is 36.4 Å². The molecule has 0 heterocycles. The van der Waals surface area contributed by atoms with Gasteiger partial charge in [0.25, 0.3) is 0 Å². The van der Waals surface area contributed by atoms with Gasteiger partial charge in [-0.15, -0.1) is 0 Å². The number of carboxylic acid groups (broad SMARTS) is 2. The van der Waals surface area contributed by atoms with E-state index in [0.29, 0.717) is 0 Å². The SMILES string of the molecule is C[C@H](NC(=O)[C@@H](N)CC(=O)O)C(=O)N[C@@H](CS)C(=O)O. The number of nitrogens with one attached hydrogen (secondary N) is 2. The first kappa shape index (κ1) is 18.2. The van der Waals surface area contributed by atoms with E-state index in [2.05, 4.69) is 23.3 Å². The topological polar surface area (TPSA) is 159 Å². The largest absolute Gasteiger partial charge is 0.481 e. The number of amides is 2. The fourth-order valence-electron chi connectivity index (χ4n) is 1.15. The van der Waals surface area contributed by atoms with E-state index in [9.17, 15) is 19.2 Å². The summed E-state index contributed by atoms with van der Waals surface area (Å²) in [6.07, 6.45) is -0.575. The Balaban J connectivity index is 4.42. The molecule has 10 heteroatoms. The van der Waals surface area contributed by atoms with Gasteiger partial charge in [-0.1, -0.05) is 0 Å². The van der Waals surface area contributed by atoms with E-state index in [4.69, 9.17) is 15.9 Å². The second kappa shape index (κ2) is 8.38. The molecule has 9 nitrogen and oxygen atoms in total. The Morgan fingerprint density at radius 2 is 1.70 bits per heavy atom. The summed E-state index contributed by atoms with van der Waals surface area (Å²) in [5.74, 6) is -4.16. The Morgan fingerprint density at radius 3 is 2.10 bits per heavy atom. The fraction of sp³-hybridized carbons (Fsp3) is 0.600. The second-order valence-corrected chi connectivity index (χ2v) is 4.38. The lowest BCUT2D eigenvalue weighted by atomic mass is 10.2. The first-order valence-corrected chi connectivity index (χ1v) is 6.24. The van der Waals surface area contributed by atoms with Gasteiger partial charge in [-0.2, -0.15) is 12.6 Å². The molecule has 0 aliphatic rings. The number of hydrogen-bond acceptors (Lipinski definition) is 6. The molecular formula is C10H17N3O6S. The maximum atomic E-state index is 11.6. The predicted molar refractivity (Wildman–Crippen MR) is 71.3 cm³/mol. The minimum atomic E-state index is -1.29. The van der Waals surface area contributed by atoms with Crippen LogP contribution in [0.3, 0.4) is 0 Å². The van der Waals surface area contributed by atoms with Crippen LogP contribution in [0.15, 0.2) is 0 Å². The van der Waals surface area contributed by atoms with Gasteiger partial charge in [-0.25, -0.2) is 4.79 Å². The molecule has 114 valence electrons. The minimum absolute atomic E-state index is 0.111. The van der Waals surface area contributed by atoms with E-state index < -0.39 is 48.3 Å². The molecule has 2 amide bonds. The van der Waals surface area contributed by atoms with Gasteiger partial charge < -0.3 is 26.6 Å². The smallest absolute Gasteiger partial charge is 0.327 e. The average Bonchev–Trinajstić information content (AvgIpc) is 2.33. The average molecular weight is 307 g/mol. The maximum absolute atomic E-state index is 11.6. The summed E-state index contributed by atoms with van der Waals surface area (Å²) in [5.41, 5.74) is 5.31. The van der Waals surface area contributed by atoms with E-state index >= 15 is 0 Å². The van der Waals surface area contributed by atoms with Crippen molar-refractivity contribution in [2.24, 2.45) is 5.73 Å². The van der Waals surface area contributed by atoms with Gasteiger partial charge in [0.1, 0.15) is 12.1 Å². The zero-order valence-corrected chi connectivity index (χ0v) is 11.6. The number of carboxylic acids is 2. The molecule has 0 fully saturated rings. The van der Waals surface area contributed by atoms with Crippen molar-refractivity contribution < 1.29 is 29.4 Å². The third-order valence-corrected chi connectivity index (χ3v) is 2.65. The maximum Gasteiger partial charge on any atom is 0.327 e. The van der Waals surface area contributed by atoms with Gasteiger partial charge in [0, 0.05) is 5.75 Å². The molecule has 0 radical (unpaired) electrons. The molecule has 0 bridgehead atoms. The molecule has 0 unspecified atom stereocenters. The van der Waals surface area contributed by atoms with E-state index in [1.807, 2.05) is 0 Å². The van der Waals surface area contributed by atoms with Crippen molar-refractivity contribution in [2.75, 3.05) is 5.75 Å². The van der Waals surface area contributed by atoms with Crippen molar-refractivity contribution in [3.63, 3.8) is 0 Å². The summed E-state index contributed by atoms with van der Waals surface area (Å²) in [5, 5.41) is 21.6. The molecule has 0 spiro atoms. The lowest BCUT2D eigenvalue weighted by Gasteiger charge is -2.18. The van der Waals surface area contributed by atoms with Gasteiger partial charge >= 0.3 is 11.9 Å². The van der Waals surface area contributed by atoms with Crippen molar-refractivity contribution in [3.05, 3.63) is 0 Å². The Morgan fingerprint density at radius 1 is 1.15 bits per heavy atom. The molecular weight excluding hydrogens is 290 g/mol. The Hall–Kier alpha value is -1.81. The van der Waals surface area contributed by atoms with E-state index in [1.54, 1.807) is 0 Å². The molecule has 0 aliphatic carbocycles. The monoisotopic (exact) mass is 307 g/mol. The third-order valence-electron chi connectivity index (χ3n) is 2.28. The summed E-state index contributed by atoms with van der Waals surface area (Å²) < 4.78 is 0. The van der Waals surface area contributed by atoms with Crippen LogP contribution in [0.2, 0.25) is 0 Å². The van der Waals surface area contributed by atoms with Crippen LogP contribution in [0.1, 0.15) is 13.3 Å². The molecule has 0 aromatic carbocycles. The molecule has 0 aromatic heterocycles. The fourth-order valence-corrected chi connectivity index (χ4v) is 1.40. The molecule has 0 saturated heterocycles. The van der Waals surface area contributed by atoms with E-state index in [-0.39, 0.29) is 5.75 Å². The summed E-state index contributed by atoms with van der Waals surface area (Å²) >= 11 is 3.77. The number of carbonyl (C=O) groups excluding carboxylic acids is 2. The van der Waals surface area contributed by atoms with Crippen LogP contribution in [0.4, 0.5) is 0 Å². The zero-order valence-electron chi connectivity index (χ0n) is 10.7. The van der Waals surface area contributed by atoms with Crippen molar-refractivity contribution in [3.8, 4) is 0 Å². The number of rotatable bonds is 8. The van der Waals surface area contributed by atoms with Crippen LogP contribution < -0.4 is 16.4 Å². The lowest BCUT2D eigenvalue weighted by molar-refractivity contribution is -0.142. The van der Waals surface area contributed by atoms with Crippen molar-refractivity contribution in [1.82, 2.24) is 10.6 Å². The highest BCUT2D eigenvalue weighted by atomic mass is 32.1. The predicted octanol–water partition coefficient (Wildman–Crippen LogP) is -2.21. The van der Waals surface area contributed by atoms with Crippen LogP contribution >= 0.6 is 12.6 Å². The first-order valence-electron chi connectivity index (χ1n) is 5.60. The number of nitrogens with two attached hydrogens (primary N) is 1. The Bertz CT molecular complexity index is 402. The molecule has 0 aliphatic heterocycles. The van der Waals surface area contributed by atoms with Crippen LogP contribution in [0.5, 0.6) is 0 Å². The second-order valence-electron chi connectivity index (χ2n) is 4.02. The third kappa shape index (κ3) is 6.38. The summed E-state index contributed by atoms with van der Waals surface area (Å²) in [7, 11) is 0. The molecule has 0 saturated carbocycles. The number of thiol groups is 1. The standard InChI is InChI=1S/C10H17N3O6S/c1-4(8(16)13-6(3-20)10(18)19)12-9(17)5(11)2-7(14)15/h4-6,20H,2-3,11H2,1H3,(H,12,17)(H,13,16)(H,14,15)(H,18,19)/t4-,5-,6-/m0/s1. The Labute approximate surface area is 120 Å². The van der Waals surface area contributed by atoms with E-state index in [1.165, 1.54) is 6.92 Å². The van der Waals surface area contributed by atoms with Gasteiger partial charge in [-0.05, 0) is 6.92 Å². The van der Waals surface area contributed by atoms with Crippen molar-refractivity contribution in [1.29, 1.82) is 0 Å². The minimum Gasteiger partial charge on any atom is -0.481 e. The normalized spacial score (nSPS) is 14.8. The van der Waals surface area contributed by atoms with Gasteiger partial charge in [0.05, 0.1) is 12.5 Å². The number of aliphatic carboxylic acids is 2. The van der Waals surface area contributed by atoms with Crippen LogP contribution in [-0.2, 0) is 19.2 Å². The highest BCUT2D eigenvalue weighted by Gasteiger charge is 2.25.